The topological polar surface area (TPSA) is 108 Å². The average molecular weight is 467 g/mol. The first kappa shape index (κ1) is 23.7. The highest BCUT2D eigenvalue weighted by Gasteiger charge is 2.23. The molecule has 0 spiro atoms. The van der Waals surface area contributed by atoms with Crippen molar-refractivity contribution in [3.05, 3.63) is 71.1 Å². The lowest BCUT2D eigenvalue weighted by Gasteiger charge is -2.10. The Kier molecular flexibility index (Phi) is 8.31. The van der Waals surface area contributed by atoms with Crippen LogP contribution in [0.2, 0.25) is 0 Å². The van der Waals surface area contributed by atoms with Crippen molar-refractivity contribution in [3.63, 3.8) is 0 Å². The number of anilines is 1. The fourth-order valence-corrected chi connectivity index (χ4v) is 3.86. The first-order valence-electron chi connectivity index (χ1n) is 10.00. The van der Waals surface area contributed by atoms with E-state index in [1.54, 1.807) is 36.6 Å². The predicted molar refractivity (Wildman–Crippen MR) is 123 cm³/mol. The first-order valence-corrected chi connectivity index (χ1v) is 10.9. The number of amides is 1. The number of ether oxygens (including phenoxy) is 3. The van der Waals surface area contributed by atoms with Gasteiger partial charge in [-0.1, -0.05) is 42.5 Å². The number of para-hydroxylation sites is 1. The van der Waals surface area contributed by atoms with Gasteiger partial charge in [0.2, 0.25) is 0 Å². The summed E-state index contributed by atoms with van der Waals surface area (Å²) in [6, 6.07) is 15.7. The van der Waals surface area contributed by atoms with E-state index in [4.69, 9.17) is 14.2 Å². The van der Waals surface area contributed by atoms with Gasteiger partial charge in [-0.15, -0.1) is 11.3 Å². The minimum atomic E-state index is -0.785. The molecule has 1 aromatic heterocycles. The van der Waals surface area contributed by atoms with E-state index in [0.717, 1.165) is 5.56 Å². The first-order chi connectivity index (χ1) is 16.0. The molecule has 2 aromatic carbocycles. The van der Waals surface area contributed by atoms with E-state index in [1.807, 2.05) is 30.3 Å². The predicted octanol–water partition coefficient (Wildman–Crippen LogP) is 3.97. The van der Waals surface area contributed by atoms with Gasteiger partial charge in [0.25, 0.3) is 5.91 Å². The Labute approximate surface area is 194 Å². The van der Waals surface area contributed by atoms with Crippen LogP contribution in [0, 0.1) is 0 Å². The van der Waals surface area contributed by atoms with E-state index in [-0.39, 0.29) is 17.9 Å². The van der Waals surface area contributed by atoms with Crippen molar-refractivity contribution in [1.82, 2.24) is 0 Å². The second-order valence-electron chi connectivity index (χ2n) is 6.59. The molecule has 0 saturated heterocycles. The minimum absolute atomic E-state index is 0.182. The number of rotatable bonds is 10. The number of hydrogen-bond acceptors (Lipinski definition) is 8. The molecule has 0 fully saturated rings. The van der Waals surface area contributed by atoms with Gasteiger partial charge in [0.05, 0.1) is 12.2 Å². The van der Waals surface area contributed by atoms with E-state index < -0.39 is 31.1 Å². The zero-order valence-electron chi connectivity index (χ0n) is 17.7. The highest BCUT2D eigenvalue weighted by molar-refractivity contribution is 7.15. The number of carbonyl (C=O) groups is 4. The van der Waals surface area contributed by atoms with Crippen LogP contribution in [0.25, 0.3) is 11.1 Å². The Balaban J connectivity index is 1.61. The number of benzene rings is 2. The number of esters is 2. The van der Waals surface area contributed by atoms with Gasteiger partial charge in [-0.3, -0.25) is 9.59 Å². The van der Waals surface area contributed by atoms with Crippen molar-refractivity contribution >= 4 is 40.5 Å². The maximum Gasteiger partial charge on any atom is 0.344 e. The molecular weight excluding hydrogens is 446 g/mol. The van der Waals surface area contributed by atoms with Crippen molar-refractivity contribution in [1.29, 1.82) is 0 Å². The van der Waals surface area contributed by atoms with Crippen molar-refractivity contribution in [2.75, 3.05) is 25.1 Å². The lowest BCUT2D eigenvalue weighted by atomic mass is 10.0. The molecule has 0 aliphatic rings. The number of aldehydes is 1. The molecule has 0 bridgehead atoms. The van der Waals surface area contributed by atoms with E-state index >= 15 is 0 Å². The molecule has 0 saturated carbocycles. The molecule has 1 N–H and O–H groups in total. The zero-order valence-corrected chi connectivity index (χ0v) is 18.6. The third-order valence-electron chi connectivity index (χ3n) is 4.36. The zero-order chi connectivity index (χ0) is 23.6. The van der Waals surface area contributed by atoms with Crippen molar-refractivity contribution < 1.29 is 33.4 Å². The number of hydrogen-bond donors (Lipinski definition) is 1. The van der Waals surface area contributed by atoms with Crippen molar-refractivity contribution in [2.24, 2.45) is 0 Å². The summed E-state index contributed by atoms with van der Waals surface area (Å²) in [5, 5.41) is 4.65. The summed E-state index contributed by atoms with van der Waals surface area (Å²) < 4.78 is 15.4. The van der Waals surface area contributed by atoms with Crippen molar-refractivity contribution in [2.45, 2.75) is 6.92 Å². The van der Waals surface area contributed by atoms with Crippen LogP contribution in [0.3, 0.4) is 0 Å². The highest BCUT2D eigenvalue weighted by atomic mass is 32.1. The largest absolute Gasteiger partial charge is 0.481 e. The Morgan fingerprint density at radius 1 is 0.970 bits per heavy atom. The fourth-order valence-electron chi connectivity index (χ4n) is 2.88. The highest BCUT2D eigenvalue weighted by Crippen LogP contribution is 2.36. The second-order valence-corrected chi connectivity index (χ2v) is 7.47. The van der Waals surface area contributed by atoms with Crippen LogP contribution in [0.15, 0.2) is 60.0 Å². The molecule has 33 heavy (non-hydrogen) atoms. The molecule has 1 heterocycles. The van der Waals surface area contributed by atoms with E-state index in [9.17, 15) is 19.2 Å². The van der Waals surface area contributed by atoms with Crippen molar-refractivity contribution in [3.8, 4) is 16.9 Å². The Morgan fingerprint density at radius 3 is 2.42 bits per heavy atom. The maximum atomic E-state index is 12.5. The molecular formula is C24H21NO7S. The molecule has 170 valence electrons. The quantitative estimate of drug-likeness (QED) is 0.355. The third-order valence-corrected chi connectivity index (χ3v) is 5.26. The molecule has 3 rings (SSSR count). The molecule has 8 nitrogen and oxygen atoms in total. The molecule has 3 aromatic rings. The van der Waals surface area contributed by atoms with Crippen LogP contribution < -0.4 is 10.1 Å². The summed E-state index contributed by atoms with van der Waals surface area (Å²) >= 11 is 1.17. The molecule has 9 heteroatoms. The molecule has 0 unspecified atom stereocenters. The van der Waals surface area contributed by atoms with E-state index in [1.165, 1.54) is 11.3 Å². The lowest BCUT2D eigenvalue weighted by Crippen LogP contribution is -2.24. The summed E-state index contributed by atoms with van der Waals surface area (Å²) in [6.45, 7) is 0.836. The second kappa shape index (κ2) is 11.6. The number of nitrogens with one attached hydrogen (secondary N) is 1. The maximum absolute atomic E-state index is 12.5. The van der Waals surface area contributed by atoms with Gasteiger partial charge in [-0.05, 0) is 24.6 Å². The van der Waals surface area contributed by atoms with Crippen LogP contribution in [0.4, 0.5) is 5.00 Å². The minimum Gasteiger partial charge on any atom is -0.481 e. The normalized spacial score (nSPS) is 10.2. The third kappa shape index (κ3) is 6.27. The molecule has 0 radical (unpaired) electrons. The summed E-state index contributed by atoms with van der Waals surface area (Å²) in [5.41, 5.74) is 1.97. The van der Waals surface area contributed by atoms with E-state index in [2.05, 4.69) is 5.32 Å². The van der Waals surface area contributed by atoms with E-state index in [0.29, 0.717) is 22.4 Å². The Bertz CT molecular complexity index is 1140. The Hall–Kier alpha value is -3.98. The van der Waals surface area contributed by atoms with Gasteiger partial charge in [0.1, 0.15) is 16.3 Å². The van der Waals surface area contributed by atoms with Crippen LogP contribution in [0.5, 0.6) is 5.75 Å². The number of thiophene rings is 1. The van der Waals surface area contributed by atoms with Gasteiger partial charge < -0.3 is 19.5 Å². The molecule has 0 aliphatic carbocycles. The smallest absolute Gasteiger partial charge is 0.344 e. The average Bonchev–Trinajstić information content (AvgIpc) is 3.25. The lowest BCUT2D eigenvalue weighted by molar-refractivity contribution is -0.149. The van der Waals surface area contributed by atoms with Gasteiger partial charge in [-0.25, -0.2) is 9.59 Å². The van der Waals surface area contributed by atoms with Crippen LogP contribution in [0.1, 0.15) is 27.6 Å². The number of carbonyl (C=O) groups excluding carboxylic acids is 4. The molecule has 1 amide bonds. The van der Waals surface area contributed by atoms with Crippen LogP contribution >= 0.6 is 11.3 Å². The summed E-state index contributed by atoms with van der Waals surface area (Å²) in [6.07, 6.45) is 0.611. The van der Waals surface area contributed by atoms with Gasteiger partial charge in [0.15, 0.2) is 19.5 Å². The molecule has 0 atom stereocenters. The monoisotopic (exact) mass is 467 g/mol. The van der Waals surface area contributed by atoms with Gasteiger partial charge in [-0.2, -0.15) is 0 Å². The molecule has 0 aliphatic heterocycles. The SMILES string of the molecule is CCOC(=O)c1c(-c2ccccc2)csc1NC(=O)COC(=O)COc1ccccc1C=O. The standard InChI is InChI=1S/C24H21NO7S/c1-2-30-24(29)22-18(16-8-4-3-5-9-16)15-33-23(22)25-20(27)13-32-21(28)14-31-19-11-7-6-10-17(19)12-26/h3-12,15H,2,13-14H2,1H3,(H,25,27). The summed E-state index contributed by atoms with van der Waals surface area (Å²) in [5.74, 6) is -1.73. The van der Waals surface area contributed by atoms with Crippen LogP contribution in [-0.2, 0) is 19.1 Å². The van der Waals surface area contributed by atoms with Crippen LogP contribution in [-0.4, -0.2) is 44.0 Å². The summed E-state index contributed by atoms with van der Waals surface area (Å²) in [4.78, 5) is 47.8. The van der Waals surface area contributed by atoms with Gasteiger partial charge >= 0.3 is 11.9 Å². The van der Waals surface area contributed by atoms with Gasteiger partial charge in [0, 0.05) is 10.9 Å². The fraction of sp³-hybridized carbons (Fsp3) is 0.167. The summed E-state index contributed by atoms with van der Waals surface area (Å²) in [7, 11) is 0. The Morgan fingerprint density at radius 2 is 1.70 bits per heavy atom.